The second kappa shape index (κ2) is 8.35. The van der Waals surface area contributed by atoms with Gasteiger partial charge in [-0.2, -0.15) is 0 Å². The third-order valence-corrected chi connectivity index (χ3v) is 6.72. The maximum Gasteiger partial charge on any atom is 0.224 e. The Morgan fingerprint density at radius 1 is 1.03 bits per heavy atom. The topological polar surface area (TPSA) is 85.5 Å². The van der Waals surface area contributed by atoms with Crippen LogP contribution in [0, 0.1) is 5.92 Å². The number of benzene rings is 2. The molecule has 0 saturated heterocycles. The Balaban J connectivity index is 1.89. The van der Waals surface area contributed by atoms with E-state index in [4.69, 9.17) is 10.5 Å². The SMILES string of the molecule is CC(=O)N1c2cc(OCc3ccccn3)ccc2C(C)(c2ccccc2)C(C(N)=O)C1(C)C. The predicted molar refractivity (Wildman–Crippen MR) is 128 cm³/mol. The molecule has 2 heterocycles. The molecule has 2 atom stereocenters. The second-order valence-corrected chi connectivity index (χ2v) is 9.20. The van der Waals surface area contributed by atoms with Gasteiger partial charge in [-0.15, -0.1) is 0 Å². The first-order chi connectivity index (χ1) is 15.7. The lowest BCUT2D eigenvalue weighted by atomic mass is 9.57. The van der Waals surface area contributed by atoms with E-state index in [1.165, 1.54) is 6.92 Å². The van der Waals surface area contributed by atoms with E-state index in [-0.39, 0.29) is 5.91 Å². The van der Waals surface area contributed by atoms with Gasteiger partial charge in [0.05, 0.1) is 22.8 Å². The minimum atomic E-state index is -0.866. The highest BCUT2D eigenvalue weighted by Gasteiger charge is 2.57. The van der Waals surface area contributed by atoms with Gasteiger partial charge in [-0.1, -0.05) is 49.4 Å². The van der Waals surface area contributed by atoms with Crippen LogP contribution in [0.2, 0.25) is 0 Å². The molecule has 2 unspecified atom stereocenters. The lowest BCUT2D eigenvalue weighted by Gasteiger charge is -2.55. The molecule has 2 aromatic carbocycles. The molecular weight excluding hydrogens is 414 g/mol. The maximum atomic E-state index is 12.9. The molecule has 4 rings (SSSR count). The van der Waals surface area contributed by atoms with Crippen molar-refractivity contribution in [1.82, 2.24) is 4.98 Å². The van der Waals surface area contributed by atoms with Crippen molar-refractivity contribution in [2.45, 2.75) is 45.3 Å². The summed E-state index contributed by atoms with van der Waals surface area (Å²) < 4.78 is 6.01. The molecule has 0 spiro atoms. The van der Waals surface area contributed by atoms with E-state index in [1.54, 1.807) is 11.1 Å². The summed E-state index contributed by atoms with van der Waals surface area (Å²) in [5.74, 6) is -0.637. The summed E-state index contributed by atoms with van der Waals surface area (Å²) in [6.07, 6.45) is 1.72. The van der Waals surface area contributed by atoms with E-state index >= 15 is 0 Å². The zero-order valence-corrected chi connectivity index (χ0v) is 19.4. The molecule has 0 bridgehead atoms. The van der Waals surface area contributed by atoms with Crippen LogP contribution in [0.1, 0.15) is 44.5 Å². The summed E-state index contributed by atoms with van der Waals surface area (Å²) >= 11 is 0. The number of aromatic nitrogens is 1. The van der Waals surface area contributed by atoms with Crippen LogP contribution >= 0.6 is 0 Å². The van der Waals surface area contributed by atoms with Crippen molar-refractivity contribution in [1.29, 1.82) is 0 Å². The standard InChI is InChI=1S/C27H29N3O3/c1-18(31)30-23-16-21(33-17-20-12-8-9-15-29-20)13-14-22(23)27(4,19-10-6-5-7-11-19)24(25(28)32)26(30,2)3/h5-16,24H,17H2,1-4H3,(H2,28,32). The largest absolute Gasteiger partial charge is 0.487 e. The van der Waals surface area contributed by atoms with Gasteiger partial charge in [0.1, 0.15) is 12.4 Å². The van der Waals surface area contributed by atoms with Gasteiger partial charge >= 0.3 is 0 Å². The summed E-state index contributed by atoms with van der Waals surface area (Å²) in [5, 5.41) is 0. The maximum absolute atomic E-state index is 12.9. The van der Waals surface area contributed by atoms with Crippen molar-refractivity contribution in [3.05, 3.63) is 89.7 Å². The van der Waals surface area contributed by atoms with Gasteiger partial charge in [-0.05, 0) is 43.2 Å². The van der Waals surface area contributed by atoms with Gasteiger partial charge in [-0.3, -0.25) is 14.6 Å². The fourth-order valence-electron chi connectivity index (χ4n) is 5.48. The van der Waals surface area contributed by atoms with Crippen LogP contribution < -0.4 is 15.4 Å². The van der Waals surface area contributed by atoms with Gasteiger partial charge in [0.15, 0.2) is 0 Å². The number of nitrogens with zero attached hydrogens (tertiary/aromatic N) is 2. The third kappa shape index (κ3) is 3.75. The number of rotatable bonds is 5. The van der Waals surface area contributed by atoms with Gasteiger partial charge < -0.3 is 15.4 Å². The predicted octanol–water partition coefficient (Wildman–Crippen LogP) is 4.21. The number of pyridine rings is 1. The summed E-state index contributed by atoms with van der Waals surface area (Å²) in [6.45, 7) is 7.65. The first-order valence-corrected chi connectivity index (χ1v) is 11.0. The van der Waals surface area contributed by atoms with E-state index in [1.807, 2.05) is 87.5 Å². The Labute approximate surface area is 194 Å². The summed E-state index contributed by atoms with van der Waals surface area (Å²) in [7, 11) is 0. The van der Waals surface area contributed by atoms with Gasteiger partial charge in [0, 0.05) is 24.6 Å². The number of hydrogen-bond donors (Lipinski definition) is 1. The summed E-state index contributed by atoms with van der Waals surface area (Å²) in [6, 6.07) is 21.2. The minimum absolute atomic E-state index is 0.163. The normalized spacial score (nSPS) is 21.2. The fraction of sp³-hybridized carbons (Fsp3) is 0.296. The zero-order valence-electron chi connectivity index (χ0n) is 19.4. The first kappa shape index (κ1) is 22.5. The number of fused-ring (bicyclic) bond motifs is 1. The highest BCUT2D eigenvalue weighted by Crippen LogP contribution is 2.54. The lowest BCUT2D eigenvalue weighted by Crippen LogP contribution is -2.65. The Hall–Kier alpha value is -3.67. The van der Waals surface area contributed by atoms with Crippen molar-refractivity contribution in [2.75, 3.05) is 4.90 Å². The highest BCUT2D eigenvalue weighted by molar-refractivity contribution is 5.98. The quantitative estimate of drug-likeness (QED) is 0.640. The molecule has 2 amide bonds. The van der Waals surface area contributed by atoms with Crippen molar-refractivity contribution >= 4 is 17.5 Å². The van der Waals surface area contributed by atoms with Crippen LogP contribution in [-0.2, 0) is 21.6 Å². The molecule has 33 heavy (non-hydrogen) atoms. The van der Waals surface area contributed by atoms with E-state index in [0.29, 0.717) is 12.4 Å². The van der Waals surface area contributed by atoms with Crippen LogP contribution in [0.25, 0.3) is 0 Å². The van der Waals surface area contributed by atoms with Crippen molar-refractivity contribution < 1.29 is 14.3 Å². The Morgan fingerprint density at radius 3 is 2.33 bits per heavy atom. The van der Waals surface area contributed by atoms with Crippen molar-refractivity contribution in [2.24, 2.45) is 11.7 Å². The molecule has 2 N–H and O–H groups in total. The molecule has 0 saturated carbocycles. The number of carbonyl (C=O) groups is 2. The molecule has 6 nitrogen and oxygen atoms in total. The van der Waals surface area contributed by atoms with E-state index in [0.717, 1.165) is 22.5 Å². The molecule has 1 aliphatic heterocycles. The molecule has 6 heteroatoms. The average molecular weight is 444 g/mol. The van der Waals surface area contributed by atoms with Crippen LogP contribution in [-0.4, -0.2) is 22.3 Å². The van der Waals surface area contributed by atoms with Crippen molar-refractivity contribution in [3.63, 3.8) is 0 Å². The number of amides is 2. The van der Waals surface area contributed by atoms with E-state index in [2.05, 4.69) is 4.98 Å². The Bertz CT molecular complexity index is 1180. The van der Waals surface area contributed by atoms with Crippen LogP contribution in [0.5, 0.6) is 5.75 Å². The van der Waals surface area contributed by atoms with Gasteiger partial charge in [0.2, 0.25) is 11.8 Å². The Kier molecular flexibility index (Phi) is 5.70. The summed E-state index contributed by atoms with van der Waals surface area (Å²) in [5.41, 5.74) is 7.75. The monoisotopic (exact) mass is 443 g/mol. The number of nitrogens with two attached hydrogens (primary N) is 1. The third-order valence-electron chi connectivity index (χ3n) is 6.72. The first-order valence-electron chi connectivity index (χ1n) is 11.0. The van der Waals surface area contributed by atoms with Crippen molar-refractivity contribution in [3.8, 4) is 5.75 Å². The van der Waals surface area contributed by atoms with Crippen LogP contribution in [0.3, 0.4) is 0 Å². The lowest BCUT2D eigenvalue weighted by molar-refractivity contribution is -0.127. The molecular formula is C27H29N3O3. The molecule has 0 fully saturated rings. The number of hydrogen-bond acceptors (Lipinski definition) is 4. The van der Waals surface area contributed by atoms with Gasteiger partial charge in [0.25, 0.3) is 0 Å². The molecule has 3 aromatic rings. The van der Waals surface area contributed by atoms with Crippen LogP contribution in [0.4, 0.5) is 5.69 Å². The van der Waals surface area contributed by atoms with Gasteiger partial charge in [-0.25, -0.2) is 0 Å². The highest BCUT2D eigenvalue weighted by atomic mass is 16.5. The van der Waals surface area contributed by atoms with Crippen LogP contribution in [0.15, 0.2) is 72.9 Å². The fourth-order valence-corrected chi connectivity index (χ4v) is 5.48. The van der Waals surface area contributed by atoms with E-state index < -0.39 is 22.8 Å². The minimum Gasteiger partial charge on any atom is -0.487 e. The molecule has 0 radical (unpaired) electrons. The molecule has 0 aliphatic carbocycles. The molecule has 1 aromatic heterocycles. The Morgan fingerprint density at radius 2 is 1.73 bits per heavy atom. The molecule has 170 valence electrons. The number of ether oxygens (including phenoxy) is 1. The second-order valence-electron chi connectivity index (χ2n) is 9.20. The number of anilines is 1. The van der Waals surface area contributed by atoms with E-state index in [9.17, 15) is 9.59 Å². The molecule has 1 aliphatic rings. The average Bonchev–Trinajstić information content (AvgIpc) is 2.77. The smallest absolute Gasteiger partial charge is 0.224 e. The zero-order chi connectivity index (χ0) is 23.8. The summed E-state index contributed by atoms with van der Waals surface area (Å²) in [4.78, 5) is 31.8. The number of carbonyl (C=O) groups excluding carboxylic acids is 2. The number of primary amides is 1.